The van der Waals surface area contributed by atoms with Crippen LogP contribution in [-0.2, 0) is 0 Å². The molecule has 0 N–H and O–H groups in total. The third-order valence-electron chi connectivity index (χ3n) is 4.53. The molecule has 0 aromatic rings. The Balaban J connectivity index is 2.72. The Hall–Kier alpha value is 2.61. The Morgan fingerprint density at radius 1 is 0.789 bits per heavy atom. The summed E-state index contributed by atoms with van der Waals surface area (Å²) >= 11 is 56.7. The summed E-state index contributed by atoms with van der Waals surface area (Å²) in [5.41, 5.74) is -1.97. The van der Waals surface area contributed by atoms with Crippen LogP contribution in [0.15, 0.2) is 0 Å². The van der Waals surface area contributed by atoms with Crippen LogP contribution < -0.4 is 0 Å². The van der Waals surface area contributed by atoms with E-state index in [1.165, 1.54) is 0 Å². The highest BCUT2D eigenvalue weighted by Crippen LogP contribution is 2.76. The van der Waals surface area contributed by atoms with Crippen LogP contribution in [0.1, 0.15) is 0 Å². The second-order valence-electron chi connectivity index (χ2n) is 4.93. The standard InChI is InChI=1S/C10H9Cl9/c11-1-9(7(16)17)2-3(12)5(14)10(9,8(18)19)6(15)4(2)13/h2-8H,1H2/t2?,3-,4-,5+,6+,9?,10?/m0/s1. The molecule has 2 rings (SSSR count). The van der Waals surface area contributed by atoms with Crippen molar-refractivity contribution in [3.05, 3.63) is 0 Å². The molecule has 0 amide bonds. The summed E-state index contributed by atoms with van der Waals surface area (Å²) in [5.74, 6) is -0.289. The van der Waals surface area contributed by atoms with Crippen LogP contribution in [0.5, 0.6) is 0 Å². The molecule has 9 heteroatoms. The molecule has 5 atom stereocenters. The Labute approximate surface area is 157 Å². The summed E-state index contributed by atoms with van der Waals surface area (Å²) in [6, 6.07) is 0. The highest BCUT2D eigenvalue weighted by Gasteiger charge is 2.82. The van der Waals surface area contributed by atoms with Crippen molar-refractivity contribution in [2.45, 2.75) is 31.2 Å². The minimum Gasteiger partial charge on any atom is -0.126 e. The monoisotopic (exact) mass is 444 g/mol. The number of fused-ring (bicyclic) bond motifs is 2. The fraction of sp³-hybridized carbons (Fsp3) is 1.00. The molecule has 1 unspecified atom stereocenters. The van der Waals surface area contributed by atoms with Gasteiger partial charge in [-0.05, 0) is 0 Å². The molecule has 0 saturated heterocycles. The number of halogens is 9. The Morgan fingerprint density at radius 2 is 1.21 bits per heavy atom. The van der Waals surface area contributed by atoms with Gasteiger partial charge in [-0.15, -0.1) is 104 Å². The number of hydrogen-bond donors (Lipinski definition) is 0. The van der Waals surface area contributed by atoms with E-state index in [9.17, 15) is 0 Å². The van der Waals surface area contributed by atoms with Gasteiger partial charge in [0.2, 0.25) is 0 Å². The first-order chi connectivity index (χ1) is 8.71. The van der Waals surface area contributed by atoms with E-state index in [4.69, 9.17) is 104 Å². The van der Waals surface area contributed by atoms with Gasteiger partial charge in [0.15, 0.2) is 0 Å². The predicted molar refractivity (Wildman–Crippen MR) is 88.6 cm³/mol. The number of alkyl halides is 9. The molecule has 112 valence electrons. The van der Waals surface area contributed by atoms with Crippen LogP contribution in [-0.4, -0.2) is 37.1 Å². The molecule has 0 spiro atoms. The van der Waals surface area contributed by atoms with Gasteiger partial charge in [0.05, 0.1) is 21.5 Å². The maximum absolute atomic E-state index is 6.46. The molecule has 2 bridgehead atoms. The topological polar surface area (TPSA) is 0 Å². The predicted octanol–water partition coefficient (Wildman–Crippen LogP) is 5.88. The molecule has 0 nitrogen and oxygen atoms in total. The molecule has 0 radical (unpaired) electrons. The van der Waals surface area contributed by atoms with E-state index in [1.807, 2.05) is 0 Å². The van der Waals surface area contributed by atoms with Crippen molar-refractivity contribution >= 4 is 104 Å². The van der Waals surface area contributed by atoms with Gasteiger partial charge in [0, 0.05) is 22.6 Å². The molecular weight excluding hydrogens is 439 g/mol. The molecule has 0 aromatic heterocycles. The van der Waals surface area contributed by atoms with Gasteiger partial charge >= 0.3 is 0 Å². The van der Waals surface area contributed by atoms with Crippen molar-refractivity contribution in [3.63, 3.8) is 0 Å². The van der Waals surface area contributed by atoms with Crippen LogP contribution in [0.3, 0.4) is 0 Å². The Kier molecular flexibility index (Phi) is 5.59. The van der Waals surface area contributed by atoms with E-state index in [2.05, 4.69) is 0 Å². The van der Waals surface area contributed by atoms with Gasteiger partial charge in [0.25, 0.3) is 0 Å². The van der Waals surface area contributed by atoms with E-state index in [0.717, 1.165) is 0 Å². The molecule has 0 heterocycles. The lowest BCUT2D eigenvalue weighted by Crippen LogP contribution is -2.55. The van der Waals surface area contributed by atoms with Gasteiger partial charge in [-0.1, -0.05) is 0 Å². The zero-order valence-electron chi connectivity index (χ0n) is 9.15. The second-order valence-corrected chi connectivity index (χ2v) is 9.33. The number of hydrogen-bond acceptors (Lipinski definition) is 0. The van der Waals surface area contributed by atoms with E-state index < -0.39 is 42.0 Å². The average molecular weight is 448 g/mol. The summed E-state index contributed by atoms with van der Waals surface area (Å²) in [6.07, 6.45) is 0. The lowest BCUT2D eigenvalue weighted by molar-refractivity contribution is 0.147. The summed E-state index contributed by atoms with van der Waals surface area (Å²) in [4.78, 5) is -1.82. The first kappa shape index (κ1) is 18.0. The van der Waals surface area contributed by atoms with Crippen molar-refractivity contribution in [2.75, 3.05) is 5.88 Å². The first-order valence-electron chi connectivity index (χ1n) is 5.39. The quantitative estimate of drug-likeness (QED) is 0.474. The van der Waals surface area contributed by atoms with Crippen LogP contribution in [0.4, 0.5) is 0 Å². The zero-order valence-corrected chi connectivity index (χ0v) is 16.0. The van der Waals surface area contributed by atoms with Crippen LogP contribution in [0.25, 0.3) is 0 Å². The number of rotatable bonds is 3. The molecule has 2 saturated carbocycles. The average Bonchev–Trinajstić information content (AvgIpc) is 2.66. The van der Waals surface area contributed by atoms with Crippen molar-refractivity contribution < 1.29 is 0 Å². The molecule has 19 heavy (non-hydrogen) atoms. The zero-order chi connectivity index (χ0) is 14.7. The fourth-order valence-electron chi connectivity index (χ4n) is 3.63. The maximum atomic E-state index is 6.46. The summed E-state index contributed by atoms with van der Waals surface area (Å²) < 4.78 is 0. The van der Waals surface area contributed by atoms with Gasteiger partial charge in [-0.2, -0.15) is 0 Å². The second kappa shape index (κ2) is 5.91. The minimum absolute atomic E-state index is 0.0736. The lowest BCUT2D eigenvalue weighted by Gasteiger charge is -2.47. The van der Waals surface area contributed by atoms with Crippen molar-refractivity contribution in [1.82, 2.24) is 0 Å². The SMILES string of the molecule is ClCC1(C(Cl)Cl)C2[C@H](Cl)[C@@H](Cl)C1(C(Cl)Cl)[C@H](Cl)[C@H]2Cl. The maximum Gasteiger partial charge on any atom is 0.117 e. The molecule has 2 fully saturated rings. The fourth-order valence-corrected chi connectivity index (χ4v) is 8.95. The third-order valence-corrected chi connectivity index (χ3v) is 9.04. The lowest BCUT2D eigenvalue weighted by atomic mass is 9.69. The summed E-state index contributed by atoms with van der Waals surface area (Å²) in [6.45, 7) is 0. The molecule has 2 aliphatic rings. The van der Waals surface area contributed by atoms with Crippen molar-refractivity contribution in [1.29, 1.82) is 0 Å². The molecule has 0 aliphatic heterocycles. The third kappa shape index (κ3) is 1.94. The van der Waals surface area contributed by atoms with E-state index in [-0.39, 0.29) is 11.8 Å². The Bertz CT molecular complexity index is 343. The van der Waals surface area contributed by atoms with Crippen LogP contribution in [0, 0.1) is 16.7 Å². The molecular formula is C10H9Cl9. The van der Waals surface area contributed by atoms with Gasteiger partial charge < -0.3 is 0 Å². The normalized spacial score (nSPS) is 53.5. The van der Waals surface area contributed by atoms with Crippen molar-refractivity contribution in [2.24, 2.45) is 16.7 Å². The minimum atomic E-state index is -1.04. The van der Waals surface area contributed by atoms with Gasteiger partial charge in [-0.3, -0.25) is 0 Å². The summed E-state index contributed by atoms with van der Waals surface area (Å²) in [7, 11) is 0. The molecule has 0 aromatic carbocycles. The first-order valence-corrected chi connectivity index (χ1v) is 9.42. The highest BCUT2D eigenvalue weighted by atomic mass is 35.5. The van der Waals surface area contributed by atoms with E-state index >= 15 is 0 Å². The smallest absolute Gasteiger partial charge is 0.117 e. The van der Waals surface area contributed by atoms with Gasteiger partial charge in [0.1, 0.15) is 9.67 Å². The Morgan fingerprint density at radius 3 is 1.42 bits per heavy atom. The van der Waals surface area contributed by atoms with Crippen LogP contribution in [0.2, 0.25) is 0 Å². The largest absolute Gasteiger partial charge is 0.126 e. The molecule has 2 aliphatic carbocycles. The highest BCUT2D eigenvalue weighted by molar-refractivity contribution is 6.49. The van der Waals surface area contributed by atoms with Crippen LogP contribution >= 0.6 is 104 Å². The van der Waals surface area contributed by atoms with Crippen molar-refractivity contribution in [3.8, 4) is 0 Å². The van der Waals surface area contributed by atoms with Gasteiger partial charge in [-0.25, -0.2) is 0 Å². The van der Waals surface area contributed by atoms with E-state index in [0.29, 0.717) is 0 Å². The summed E-state index contributed by atoms with van der Waals surface area (Å²) in [5, 5.41) is -2.23. The van der Waals surface area contributed by atoms with E-state index in [1.54, 1.807) is 0 Å².